The number of hydrogen-bond acceptors (Lipinski definition) is 4. The van der Waals surface area contributed by atoms with Crippen molar-refractivity contribution in [2.75, 3.05) is 0 Å². The Morgan fingerprint density at radius 2 is 2.00 bits per heavy atom. The lowest BCUT2D eigenvalue weighted by atomic mass is 10.1. The van der Waals surface area contributed by atoms with E-state index in [9.17, 15) is 9.18 Å². The van der Waals surface area contributed by atoms with E-state index in [-0.39, 0.29) is 30.2 Å². The number of nitrogens with zero attached hydrogens (tertiary/aromatic N) is 3. The standard InChI is InChI=1S/C23H20BrFN4O2/c1-14-5-7-16(8-6-14)15(2)26-21(30)13-29-11-3-4-20(29)23-27-22(28-31-23)17-9-10-19(25)18(24)12-17/h3-12,15H,13H2,1-2H3,(H,26,30). The minimum Gasteiger partial charge on any atom is -0.348 e. The van der Waals surface area contributed by atoms with E-state index in [0.29, 0.717) is 21.6 Å². The van der Waals surface area contributed by atoms with Crippen LogP contribution in [0.2, 0.25) is 0 Å². The lowest BCUT2D eigenvalue weighted by molar-refractivity contribution is -0.122. The molecule has 0 bridgehead atoms. The molecule has 4 rings (SSSR count). The van der Waals surface area contributed by atoms with Gasteiger partial charge in [-0.3, -0.25) is 4.79 Å². The van der Waals surface area contributed by atoms with Crippen LogP contribution in [0, 0.1) is 12.7 Å². The number of nitrogens with one attached hydrogen (secondary N) is 1. The number of halogens is 2. The number of rotatable bonds is 6. The predicted octanol–water partition coefficient (Wildman–Crippen LogP) is 5.29. The van der Waals surface area contributed by atoms with E-state index < -0.39 is 0 Å². The number of carbonyl (C=O) groups excluding carboxylic acids is 1. The van der Waals surface area contributed by atoms with Crippen LogP contribution < -0.4 is 5.32 Å². The summed E-state index contributed by atoms with van der Waals surface area (Å²) in [5.74, 6) is 0.112. The third-order valence-electron chi connectivity index (χ3n) is 4.92. The van der Waals surface area contributed by atoms with Gasteiger partial charge in [0.25, 0.3) is 5.89 Å². The monoisotopic (exact) mass is 482 g/mol. The van der Waals surface area contributed by atoms with E-state index in [4.69, 9.17) is 4.52 Å². The van der Waals surface area contributed by atoms with E-state index in [2.05, 4.69) is 31.4 Å². The summed E-state index contributed by atoms with van der Waals surface area (Å²) in [5, 5.41) is 6.99. The van der Waals surface area contributed by atoms with Crippen LogP contribution in [0.25, 0.3) is 23.0 Å². The Hall–Kier alpha value is -3.26. The van der Waals surface area contributed by atoms with Gasteiger partial charge in [-0.05, 0) is 65.7 Å². The maximum Gasteiger partial charge on any atom is 0.274 e. The summed E-state index contributed by atoms with van der Waals surface area (Å²) in [6, 6.07) is 16.1. The van der Waals surface area contributed by atoms with Gasteiger partial charge < -0.3 is 14.4 Å². The van der Waals surface area contributed by atoms with E-state index in [0.717, 1.165) is 5.56 Å². The summed E-state index contributed by atoms with van der Waals surface area (Å²) in [6.07, 6.45) is 1.78. The quantitative estimate of drug-likeness (QED) is 0.405. The van der Waals surface area contributed by atoms with Crippen LogP contribution in [0.1, 0.15) is 24.1 Å². The van der Waals surface area contributed by atoms with Crippen LogP contribution in [0.15, 0.2) is 69.8 Å². The summed E-state index contributed by atoms with van der Waals surface area (Å²) in [4.78, 5) is 17.0. The molecular weight excluding hydrogens is 463 g/mol. The zero-order valence-electron chi connectivity index (χ0n) is 17.0. The van der Waals surface area contributed by atoms with Gasteiger partial charge >= 0.3 is 0 Å². The molecule has 0 saturated heterocycles. The van der Waals surface area contributed by atoms with Gasteiger partial charge in [0, 0.05) is 11.8 Å². The van der Waals surface area contributed by atoms with Crippen LogP contribution in [0.3, 0.4) is 0 Å². The van der Waals surface area contributed by atoms with Gasteiger partial charge in [-0.1, -0.05) is 35.0 Å². The van der Waals surface area contributed by atoms with Crippen molar-refractivity contribution in [3.05, 3.63) is 82.2 Å². The molecule has 0 spiro atoms. The van der Waals surface area contributed by atoms with Crippen LogP contribution >= 0.6 is 15.9 Å². The Bertz CT molecular complexity index is 1220. The number of carbonyl (C=O) groups is 1. The van der Waals surface area contributed by atoms with Crippen molar-refractivity contribution in [2.45, 2.75) is 26.4 Å². The highest BCUT2D eigenvalue weighted by Crippen LogP contribution is 2.26. The van der Waals surface area contributed by atoms with Crippen molar-refractivity contribution >= 4 is 21.8 Å². The predicted molar refractivity (Wildman–Crippen MR) is 119 cm³/mol. The molecule has 2 aromatic heterocycles. The molecule has 31 heavy (non-hydrogen) atoms. The largest absolute Gasteiger partial charge is 0.348 e. The molecule has 2 heterocycles. The average molecular weight is 483 g/mol. The number of amides is 1. The first-order chi connectivity index (χ1) is 14.9. The fourth-order valence-corrected chi connectivity index (χ4v) is 3.59. The number of hydrogen-bond donors (Lipinski definition) is 1. The Kier molecular flexibility index (Phi) is 5.99. The summed E-state index contributed by atoms with van der Waals surface area (Å²) in [7, 11) is 0. The second kappa shape index (κ2) is 8.85. The zero-order chi connectivity index (χ0) is 22.0. The van der Waals surface area contributed by atoms with E-state index in [1.807, 2.05) is 44.2 Å². The van der Waals surface area contributed by atoms with Crippen LogP contribution in [0.5, 0.6) is 0 Å². The second-order valence-electron chi connectivity index (χ2n) is 7.27. The Labute approximate surface area is 187 Å². The Morgan fingerprint density at radius 1 is 1.23 bits per heavy atom. The summed E-state index contributed by atoms with van der Waals surface area (Å²) >= 11 is 3.16. The molecule has 4 aromatic rings. The summed E-state index contributed by atoms with van der Waals surface area (Å²) in [6.45, 7) is 4.08. The van der Waals surface area contributed by atoms with Crippen molar-refractivity contribution in [2.24, 2.45) is 0 Å². The fraction of sp³-hybridized carbons (Fsp3) is 0.174. The lowest BCUT2D eigenvalue weighted by Gasteiger charge is -2.15. The smallest absolute Gasteiger partial charge is 0.274 e. The molecule has 1 unspecified atom stereocenters. The lowest BCUT2D eigenvalue weighted by Crippen LogP contribution is -2.30. The molecule has 1 N–H and O–H groups in total. The van der Waals surface area contributed by atoms with Gasteiger partial charge in [0.2, 0.25) is 11.7 Å². The van der Waals surface area contributed by atoms with E-state index >= 15 is 0 Å². The molecule has 0 aliphatic heterocycles. The number of benzene rings is 2. The van der Waals surface area contributed by atoms with Crippen LogP contribution in [0.4, 0.5) is 4.39 Å². The molecule has 1 atom stereocenters. The second-order valence-corrected chi connectivity index (χ2v) is 8.13. The molecule has 6 nitrogen and oxygen atoms in total. The summed E-state index contributed by atoms with van der Waals surface area (Å²) in [5.41, 5.74) is 3.45. The SMILES string of the molecule is Cc1ccc(C(C)NC(=O)Cn2cccc2-c2nc(-c3ccc(F)c(Br)c3)no2)cc1. The molecule has 0 saturated carbocycles. The molecule has 0 radical (unpaired) electrons. The first-order valence-electron chi connectivity index (χ1n) is 9.71. The molecule has 158 valence electrons. The van der Waals surface area contributed by atoms with Crippen LogP contribution in [-0.4, -0.2) is 20.6 Å². The molecule has 1 amide bonds. The normalized spacial score (nSPS) is 12.0. The van der Waals surface area contributed by atoms with Crippen molar-refractivity contribution in [3.63, 3.8) is 0 Å². The van der Waals surface area contributed by atoms with Crippen molar-refractivity contribution in [1.29, 1.82) is 0 Å². The molecule has 8 heteroatoms. The molecule has 0 aliphatic rings. The third-order valence-corrected chi connectivity index (χ3v) is 5.53. The highest BCUT2D eigenvalue weighted by molar-refractivity contribution is 9.10. The van der Waals surface area contributed by atoms with E-state index in [1.165, 1.54) is 11.6 Å². The highest BCUT2D eigenvalue weighted by Gasteiger charge is 2.17. The molecule has 2 aromatic carbocycles. The van der Waals surface area contributed by atoms with Gasteiger partial charge in [0.05, 0.1) is 10.5 Å². The Balaban J connectivity index is 1.48. The fourth-order valence-electron chi connectivity index (χ4n) is 3.21. The van der Waals surface area contributed by atoms with Crippen molar-refractivity contribution in [3.8, 4) is 23.0 Å². The summed E-state index contributed by atoms with van der Waals surface area (Å²) < 4.78 is 20.9. The maximum atomic E-state index is 13.5. The zero-order valence-corrected chi connectivity index (χ0v) is 18.6. The van der Waals surface area contributed by atoms with Gasteiger partial charge in [-0.15, -0.1) is 0 Å². The maximum absolute atomic E-state index is 13.5. The van der Waals surface area contributed by atoms with Crippen molar-refractivity contribution in [1.82, 2.24) is 20.0 Å². The van der Waals surface area contributed by atoms with Gasteiger partial charge in [-0.2, -0.15) is 4.98 Å². The molecule has 0 fully saturated rings. The Morgan fingerprint density at radius 3 is 2.74 bits per heavy atom. The van der Waals surface area contributed by atoms with Crippen LogP contribution in [-0.2, 0) is 11.3 Å². The number of aryl methyl sites for hydroxylation is 1. The third kappa shape index (κ3) is 4.74. The average Bonchev–Trinajstić information content (AvgIpc) is 3.40. The van der Waals surface area contributed by atoms with Crippen molar-refractivity contribution < 1.29 is 13.7 Å². The molecular formula is C23H20BrFN4O2. The van der Waals surface area contributed by atoms with Gasteiger partial charge in [0.1, 0.15) is 18.1 Å². The highest BCUT2D eigenvalue weighted by atomic mass is 79.9. The molecule has 0 aliphatic carbocycles. The first kappa shape index (κ1) is 21.0. The van der Waals surface area contributed by atoms with Gasteiger partial charge in [0.15, 0.2) is 0 Å². The minimum absolute atomic E-state index is 0.109. The van der Waals surface area contributed by atoms with E-state index in [1.54, 1.807) is 29.0 Å². The van der Waals surface area contributed by atoms with Gasteiger partial charge in [-0.25, -0.2) is 4.39 Å². The topological polar surface area (TPSA) is 73.0 Å². The first-order valence-corrected chi connectivity index (χ1v) is 10.5. The number of aromatic nitrogens is 3. The minimum atomic E-state index is -0.368.